The lowest BCUT2D eigenvalue weighted by Gasteiger charge is -2.16. The molecule has 106 valence electrons. The molecule has 1 rings (SSSR count). The molecule has 0 aliphatic heterocycles. The highest BCUT2D eigenvalue weighted by Crippen LogP contribution is 2.26. The van der Waals surface area contributed by atoms with E-state index >= 15 is 0 Å². The Kier molecular flexibility index (Phi) is 4.82. The maximum absolute atomic E-state index is 12.5. The number of carbonyl (C=O) groups is 1. The molecule has 8 heteroatoms. The summed E-state index contributed by atoms with van der Waals surface area (Å²) in [6.45, 7) is 1.51. The van der Waals surface area contributed by atoms with Crippen LogP contribution in [-0.2, 0) is 14.6 Å². The molecule has 0 heterocycles. The van der Waals surface area contributed by atoms with E-state index in [1.807, 2.05) is 0 Å². The summed E-state index contributed by atoms with van der Waals surface area (Å²) in [7, 11) is -4.72. The smallest absolute Gasteiger partial charge is 0.341 e. The molecule has 0 amide bonds. The van der Waals surface area contributed by atoms with Crippen LogP contribution in [0.1, 0.15) is 13.3 Å². The molecule has 0 saturated carbocycles. The van der Waals surface area contributed by atoms with Gasteiger partial charge in [0.15, 0.2) is 0 Å². The highest BCUT2D eigenvalue weighted by Gasteiger charge is 2.29. The van der Waals surface area contributed by atoms with Gasteiger partial charge in [-0.25, -0.2) is 8.42 Å². The van der Waals surface area contributed by atoms with Gasteiger partial charge in [0.05, 0.1) is 17.0 Å². The van der Waals surface area contributed by atoms with Crippen molar-refractivity contribution in [2.45, 2.75) is 30.0 Å². The molecule has 1 aromatic rings. The lowest BCUT2D eigenvalue weighted by atomic mass is 10.2. The molecule has 0 aliphatic rings. The molecule has 1 aromatic carbocycles. The Morgan fingerprint density at radius 3 is 2.47 bits per heavy atom. The zero-order chi connectivity index (χ0) is 14.6. The van der Waals surface area contributed by atoms with Crippen molar-refractivity contribution in [3.05, 3.63) is 24.3 Å². The molecule has 19 heavy (non-hydrogen) atoms. The van der Waals surface area contributed by atoms with E-state index < -0.39 is 32.5 Å². The highest BCUT2D eigenvalue weighted by atomic mass is 32.2. The Hall–Kier alpha value is -1.70. The van der Waals surface area contributed by atoms with E-state index in [0.29, 0.717) is 0 Å². The van der Waals surface area contributed by atoms with E-state index in [4.69, 9.17) is 5.11 Å². The monoisotopic (exact) mass is 293 g/mol. The van der Waals surface area contributed by atoms with Crippen molar-refractivity contribution in [1.82, 2.24) is 0 Å². The van der Waals surface area contributed by atoms with Crippen molar-refractivity contribution in [1.29, 1.82) is 0 Å². The van der Waals surface area contributed by atoms with E-state index in [-0.39, 0.29) is 12.1 Å². The van der Waals surface area contributed by atoms with E-state index in [2.05, 4.69) is 5.32 Å². The Morgan fingerprint density at radius 2 is 1.95 bits per heavy atom. The minimum absolute atomic E-state index is 0.0310. The van der Waals surface area contributed by atoms with Gasteiger partial charge in [-0.15, -0.1) is 0 Å². The van der Waals surface area contributed by atoms with E-state index in [1.54, 1.807) is 0 Å². The zero-order valence-corrected chi connectivity index (χ0v) is 10.8. The predicted octanol–water partition coefficient (Wildman–Crippen LogP) is 1.96. The molecule has 2 N–H and O–H groups in total. The summed E-state index contributed by atoms with van der Waals surface area (Å²) in [6, 6.07) is 4.57. The second kappa shape index (κ2) is 5.96. The minimum atomic E-state index is -4.72. The van der Waals surface area contributed by atoms with Crippen LogP contribution in [0.5, 0.6) is 0 Å². The maximum atomic E-state index is 12.5. The fraction of sp³-hybridized carbons (Fsp3) is 0.364. The summed E-state index contributed by atoms with van der Waals surface area (Å²) in [5.41, 5.74) is -0.0310. The maximum Gasteiger partial charge on any atom is 0.341 e. The Morgan fingerprint density at radius 1 is 1.37 bits per heavy atom. The third-order valence-corrected chi connectivity index (χ3v) is 3.75. The number of aliphatic carboxylic acids is 1. The van der Waals surface area contributed by atoms with Gasteiger partial charge in [0.1, 0.15) is 0 Å². The molecule has 5 nitrogen and oxygen atoms in total. The normalized spacial score (nSPS) is 13.3. The predicted molar refractivity (Wildman–Crippen MR) is 65.0 cm³/mol. The first-order chi connectivity index (χ1) is 8.75. The molecule has 0 saturated heterocycles. The summed E-state index contributed by atoms with van der Waals surface area (Å²) in [4.78, 5) is 9.97. The van der Waals surface area contributed by atoms with Gasteiger partial charge >= 0.3 is 11.7 Å². The molecule has 0 spiro atoms. The summed E-state index contributed by atoms with van der Waals surface area (Å²) in [5, 5.41) is 11.2. The van der Waals surface area contributed by atoms with Gasteiger partial charge in [-0.3, -0.25) is 4.79 Å². The summed E-state index contributed by atoms with van der Waals surface area (Å²) in [5.74, 6) is -4.60. The molecule has 0 fully saturated rings. The van der Waals surface area contributed by atoms with Crippen molar-refractivity contribution < 1.29 is 27.1 Å². The number of carboxylic acids is 1. The fourth-order valence-electron chi connectivity index (χ4n) is 1.51. The molecule has 0 aromatic heterocycles. The quantitative estimate of drug-likeness (QED) is 0.837. The summed E-state index contributed by atoms with van der Waals surface area (Å²) in [6.07, 6.45) is -0.261. The van der Waals surface area contributed by atoms with Crippen LogP contribution in [0, 0.1) is 0 Å². The Labute approximate surface area is 109 Å². The van der Waals surface area contributed by atoms with Gasteiger partial charge < -0.3 is 10.4 Å². The third kappa shape index (κ3) is 3.88. The third-order valence-electron chi connectivity index (χ3n) is 2.31. The first-order valence-corrected chi connectivity index (χ1v) is 6.89. The lowest BCUT2D eigenvalue weighted by Crippen LogP contribution is -2.21. The Bertz CT molecular complexity index is 560. The molecule has 0 bridgehead atoms. The first-order valence-electron chi connectivity index (χ1n) is 5.34. The van der Waals surface area contributed by atoms with Crippen LogP contribution in [-0.4, -0.2) is 31.3 Å². The number of halogens is 2. The number of sulfone groups is 1. The van der Waals surface area contributed by atoms with Crippen LogP contribution < -0.4 is 5.32 Å². The first kappa shape index (κ1) is 15.4. The number of hydrogen-bond donors (Lipinski definition) is 2. The van der Waals surface area contributed by atoms with Crippen molar-refractivity contribution >= 4 is 21.5 Å². The average molecular weight is 293 g/mol. The van der Waals surface area contributed by atoms with Crippen LogP contribution in [0.4, 0.5) is 14.5 Å². The second-order valence-corrected chi connectivity index (χ2v) is 5.83. The van der Waals surface area contributed by atoms with E-state index in [1.165, 1.54) is 25.1 Å². The van der Waals surface area contributed by atoms with Crippen molar-refractivity contribution in [3.63, 3.8) is 0 Å². The number of hydrogen-bond acceptors (Lipinski definition) is 4. The number of benzene rings is 1. The van der Waals surface area contributed by atoms with Gasteiger partial charge in [-0.05, 0) is 19.1 Å². The molecular weight excluding hydrogens is 280 g/mol. The van der Waals surface area contributed by atoms with Crippen LogP contribution in [0.2, 0.25) is 0 Å². The summed E-state index contributed by atoms with van der Waals surface area (Å²) >= 11 is 0. The highest BCUT2D eigenvalue weighted by molar-refractivity contribution is 7.91. The second-order valence-electron chi connectivity index (χ2n) is 3.95. The van der Waals surface area contributed by atoms with E-state index in [0.717, 1.165) is 6.07 Å². The van der Waals surface area contributed by atoms with Gasteiger partial charge in [-0.2, -0.15) is 8.78 Å². The molecular formula is C11H13F2NO4S. The minimum Gasteiger partial charge on any atom is -0.481 e. The van der Waals surface area contributed by atoms with Crippen molar-refractivity contribution in [3.8, 4) is 0 Å². The molecule has 0 aliphatic carbocycles. The topological polar surface area (TPSA) is 83.5 Å². The molecule has 1 atom stereocenters. The van der Waals surface area contributed by atoms with Crippen molar-refractivity contribution in [2.24, 2.45) is 0 Å². The van der Waals surface area contributed by atoms with Gasteiger partial charge in [0.25, 0.3) is 0 Å². The zero-order valence-electron chi connectivity index (χ0n) is 10.0. The molecule has 0 radical (unpaired) electrons. The van der Waals surface area contributed by atoms with Gasteiger partial charge in [-0.1, -0.05) is 12.1 Å². The van der Waals surface area contributed by atoms with Gasteiger partial charge in [0, 0.05) is 6.04 Å². The van der Waals surface area contributed by atoms with E-state index in [9.17, 15) is 22.0 Å². The number of para-hydroxylation sites is 1. The van der Waals surface area contributed by atoms with Crippen LogP contribution in [0.3, 0.4) is 0 Å². The lowest BCUT2D eigenvalue weighted by molar-refractivity contribution is -0.137. The number of nitrogens with one attached hydrogen (secondary N) is 1. The molecule has 1 unspecified atom stereocenters. The Balaban J connectivity index is 3.07. The van der Waals surface area contributed by atoms with Crippen LogP contribution in [0.15, 0.2) is 29.2 Å². The fourth-order valence-corrected chi connectivity index (χ4v) is 2.40. The van der Waals surface area contributed by atoms with Crippen LogP contribution in [0.25, 0.3) is 0 Å². The number of alkyl halides is 2. The van der Waals surface area contributed by atoms with Gasteiger partial charge in [0.2, 0.25) is 9.84 Å². The van der Waals surface area contributed by atoms with Crippen LogP contribution >= 0.6 is 0 Å². The van der Waals surface area contributed by atoms with Crippen molar-refractivity contribution in [2.75, 3.05) is 5.32 Å². The largest absolute Gasteiger partial charge is 0.481 e. The average Bonchev–Trinajstić information content (AvgIpc) is 2.27. The standard InChI is InChI=1S/C11H13F2NO4S/c1-7(6-10(15)16)14-8-4-2-3-5-9(8)19(17,18)11(12)13/h2-5,7,11,14H,6H2,1H3,(H,15,16). The SMILES string of the molecule is CC(CC(=O)O)Nc1ccccc1S(=O)(=O)C(F)F. The summed E-state index contributed by atoms with van der Waals surface area (Å²) < 4.78 is 47.9. The number of carboxylic acid groups (broad SMARTS) is 1. The number of rotatable bonds is 6. The number of anilines is 1.